The Morgan fingerprint density at radius 2 is 1.92 bits per heavy atom. The number of aryl methyl sites for hydroxylation is 1. The van der Waals surface area contributed by atoms with Crippen LogP contribution in [0, 0.1) is 6.92 Å². The predicted octanol–water partition coefficient (Wildman–Crippen LogP) is 3.74. The van der Waals surface area contributed by atoms with Gasteiger partial charge in [0.15, 0.2) is 6.61 Å². The Kier molecular flexibility index (Phi) is 4.53. The molecule has 3 rings (SSSR count). The highest BCUT2D eigenvalue weighted by molar-refractivity contribution is 6.30. The molecular weight excluding hydrogens is 332 g/mol. The summed E-state index contributed by atoms with van der Waals surface area (Å²) >= 11 is 5.87. The zero-order valence-corrected chi connectivity index (χ0v) is 13.5. The maximum Gasteiger partial charge on any atom is 0.349 e. The first-order valence-corrected chi connectivity index (χ1v) is 7.52. The first-order valence-electron chi connectivity index (χ1n) is 7.15. The van der Waals surface area contributed by atoms with Crippen LogP contribution in [0.25, 0.3) is 11.0 Å². The Hall–Kier alpha value is -2.79. The van der Waals surface area contributed by atoms with Crippen LogP contribution in [0.5, 0.6) is 11.5 Å². The van der Waals surface area contributed by atoms with Crippen LogP contribution in [0.4, 0.5) is 0 Å². The summed E-state index contributed by atoms with van der Waals surface area (Å²) in [6.07, 6.45) is 0. The molecule has 6 heteroatoms. The molecule has 5 nitrogen and oxygen atoms in total. The van der Waals surface area contributed by atoms with Gasteiger partial charge in [0.25, 0.3) is 0 Å². The smallest absolute Gasteiger partial charge is 0.349 e. The van der Waals surface area contributed by atoms with Gasteiger partial charge in [-0.2, -0.15) is 0 Å². The molecule has 2 aromatic carbocycles. The number of rotatable bonds is 4. The highest BCUT2D eigenvalue weighted by atomic mass is 35.5. The Morgan fingerprint density at radius 1 is 1.12 bits per heavy atom. The van der Waals surface area contributed by atoms with Gasteiger partial charge in [-0.25, -0.2) is 9.59 Å². The second-order valence-corrected chi connectivity index (χ2v) is 5.56. The van der Waals surface area contributed by atoms with E-state index < -0.39 is 11.6 Å². The third kappa shape index (κ3) is 3.75. The summed E-state index contributed by atoms with van der Waals surface area (Å²) in [5.41, 5.74) is 0.706. The first kappa shape index (κ1) is 16.1. The number of carbonyl (C=O) groups excluding carboxylic acids is 1. The van der Waals surface area contributed by atoms with Crippen molar-refractivity contribution >= 4 is 28.5 Å². The largest absolute Gasteiger partial charge is 0.482 e. The molecule has 0 aliphatic rings. The molecule has 3 aromatic rings. The van der Waals surface area contributed by atoms with E-state index in [4.69, 9.17) is 25.5 Å². The van der Waals surface area contributed by atoms with Crippen molar-refractivity contribution in [1.82, 2.24) is 0 Å². The van der Waals surface area contributed by atoms with E-state index in [1.807, 2.05) is 6.92 Å². The Bertz CT molecular complexity index is 961. The van der Waals surface area contributed by atoms with E-state index in [9.17, 15) is 9.59 Å². The van der Waals surface area contributed by atoms with E-state index in [-0.39, 0.29) is 12.4 Å². The van der Waals surface area contributed by atoms with Crippen LogP contribution in [0.15, 0.2) is 57.7 Å². The number of carbonyl (C=O) groups is 1. The average molecular weight is 345 g/mol. The van der Waals surface area contributed by atoms with Gasteiger partial charge in [0, 0.05) is 22.5 Å². The summed E-state index contributed by atoms with van der Waals surface area (Å²) < 4.78 is 15.7. The van der Waals surface area contributed by atoms with Gasteiger partial charge in [0.05, 0.1) is 0 Å². The lowest BCUT2D eigenvalue weighted by atomic mass is 10.2. The van der Waals surface area contributed by atoms with E-state index >= 15 is 0 Å². The number of hydrogen-bond donors (Lipinski definition) is 0. The maximum absolute atomic E-state index is 11.9. The molecule has 0 atom stereocenters. The number of fused-ring (bicyclic) bond motifs is 1. The van der Waals surface area contributed by atoms with Gasteiger partial charge in [0.2, 0.25) is 0 Å². The quantitative estimate of drug-likeness (QED) is 0.410. The normalized spacial score (nSPS) is 10.6. The van der Waals surface area contributed by atoms with Crippen molar-refractivity contribution in [2.75, 3.05) is 6.61 Å². The zero-order chi connectivity index (χ0) is 17.1. The molecule has 122 valence electrons. The summed E-state index contributed by atoms with van der Waals surface area (Å²) in [4.78, 5) is 23.1. The maximum atomic E-state index is 11.9. The highest BCUT2D eigenvalue weighted by Crippen LogP contribution is 2.22. The lowest BCUT2D eigenvalue weighted by Crippen LogP contribution is -2.18. The molecule has 1 aromatic heterocycles. The van der Waals surface area contributed by atoms with Gasteiger partial charge in [-0.15, -0.1) is 0 Å². The third-order valence-electron chi connectivity index (χ3n) is 3.31. The summed E-state index contributed by atoms with van der Waals surface area (Å²) in [6, 6.07) is 12.9. The van der Waals surface area contributed by atoms with Crippen LogP contribution < -0.4 is 15.1 Å². The molecule has 0 fully saturated rings. The van der Waals surface area contributed by atoms with Crippen LogP contribution >= 0.6 is 11.6 Å². The fraction of sp³-hybridized carbons (Fsp3) is 0.111. The van der Waals surface area contributed by atoms with E-state index in [0.29, 0.717) is 16.4 Å². The second-order valence-electron chi connectivity index (χ2n) is 5.13. The number of benzene rings is 2. The third-order valence-corrected chi connectivity index (χ3v) is 3.54. The highest BCUT2D eigenvalue weighted by Gasteiger charge is 2.09. The Morgan fingerprint density at radius 3 is 2.71 bits per heavy atom. The van der Waals surface area contributed by atoms with Crippen LogP contribution in [-0.2, 0) is 4.79 Å². The van der Waals surface area contributed by atoms with Gasteiger partial charge in [0.1, 0.15) is 17.1 Å². The first-order chi connectivity index (χ1) is 11.5. The zero-order valence-electron chi connectivity index (χ0n) is 12.7. The summed E-state index contributed by atoms with van der Waals surface area (Å²) in [5, 5.41) is 1.34. The van der Waals surface area contributed by atoms with Crippen molar-refractivity contribution in [3.63, 3.8) is 0 Å². The van der Waals surface area contributed by atoms with Crippen LogP contribution in [0.1, 0.15) is 5.56 Å². The molecule has 0 spiro atoms. The molecule has 24 heavy (non-hydrogen) atoms. The van der Waals surface area contributed by atoms with Crippen molar-refractivity contribution in [1.29, 1.82) is 0 Å². The number of ether oxygens (including phenoxy) is 2. The van der Waals surface area contributed by atoms with Crippen molar-refractivity contribution in [2.45, 2.75) is 6.92 Å². The van der Waals surface area contributed by atoms with E-state index in [0.717, 1.165) is 10.9 Å². The molecule has 0 bridgehead atoms. The fourth-order valence-electron chi connectivity index (χ4n) is 2.18. The minimum Gasteiger partial charge on any atom is -0.482 e. The number of halogens is 1. The lowest BCUT2D eigenvalue weighted by molar-refractivity contribution is -0.136. The molecular formula is C18H13ClO5. The summed E-state index contributed by atoms with van der Waals surface area (Å²) in [5.74, 6) is 0.265. The molecule has 0 saturated carbocycles. The van der Waals surface area contributed by atoms with Gasteiger partial charge in [-0.1, -0.05) is 11.6 Å². The minimum absolute atomic E-state index is 0.251. The molecule has 0 saturated heterocycles. The van der Waals surface area contributed by atoms with Gasteiger partial charge < -0.3 is 13.9 Å². The van der Waals surface area contributed by atoms with Gasteiger partial charge >= 0.3 is 11.6 Å². The molecule has 0 aliphatic carbocycles. The summed E-state index contributed by atoms with van der Waals surface area (Å²) in [7, 11) is 0. The monoisotopic (exact) mass is 344 g/mol. The number of esters is 1. The topological polar surface area (TPSA) is 65.7 Å². The van der Waals surface area contributed by atoms with Crippen LogP contribution in [-0.4, -0.2) is 12.6 Å². The Labute approximate surface area is 142 Å². The molecule has 0 N–H and O–H groups in total. The average Bonchev–Trinajstić information content (AvgIpc) is 2.53. The summed E-state index contributed by atoms with van der Waals surface area (Å²) in [6.45, 7) is 1.58. The standard InChI is InChI=1S/C18H13ClO5/c1-11-8-13(19)4-6-15(11)22-10-18(21)23-14-5-2-12-3-7-17(20)24-16(12)9-14/h2-9H,10H2,1H3. The SMILES string of the molecule is Cc1cc(Cl)ccc1OCC(=O)Oc1ccc2ccc(=O)oc2c1. The lowest BCUT2D eigenvalue weighted by Gasteiger charge is -2.09. The van der Waals surface area contributed by atoms with E-state index in [1.165, 1.54) is 12.1 Å². The molecule has 0 aliphatic heterocycles. The van der Waals surface area contributed by atoms with Crippen LogP contribution in [0.2, 0.25) is 5.02 Å². The Balaban J connectivity index is 1.67. The van der Waals surface area contributed by atoms with Crippen molar-refractivity contribution < 1.29 is 18.7 Å². The fourth-order valence-corrected chi connectivity index (χ4v) is 2.40. The van der Waals surface area contributed by atoms with Crippen molar-refractivity contribution in [3.8, 4) is 11.5 Å². The molecule has 0 amide bonds. The van der Waals surface area contributed by atoms with E-state index in [2.05, 4.69) is 0 Å². The number of hydrogen-bond acceptors (Lipinski definition) is 5. The van der Waals surface area contributed by atoms with Gasteiger partial charge in [-0.3, -0.25) is 0 Å². The molecule has 0 radical (unpaired) electrons. The predicted molar refractivity (Wildman–Crippen MR) is 89.8 cm³/mol. The molecule has 1 heterocycles. The minimum atomic E-state index is -0.568. The second kappa shape index (κ2) is 6.76. The molecule has 0 unspecified atom stereocenters. The van der Waals surface area contributed by atoms with E-state index in [1.54, 1.807) is 36.4 Å². The van der Waals surface area contributed by atoms with Crippen molar-refractivity contribution in [3.05, 3.63) is 69.5 Å². The van der Waals surface area contributed by atoms with Crippen LogP contribution in [0.3, 0.4) is 0 Å². The van der Waals surface area contributed by atoms with Gasteiger partial charge in [-0.05, 0) is 48.9 Å². The van der Waals surface area contributed by atoms with Crippen molar-refractivity contribution in [2.24, 2.45) is 0 Å².